The van der Waals surface area contributed by atoms with Crippen LogP contribution in [0.5, 0.6) is 5.75 Å². The van der Waals surface area contributed by atoms with Crippen LogP contribution in [0.25, 0.3) is 0 Å². The second kappa shape index (κ2) is 6.89. The number of ether oxygens (including phenoxy) is 1. The summed E-state index contributed by atoms with van der Waals surface area (Å²) in [5.41, 5.74) is 1.58. The Bertz CT molecular complexity index is 730. The number of hydrogen-bond acceptors (Lipinski definition) is 4. The van der Waals surface area contributed by atoms with Gasteiger partial charge in [-0.1, -0.05) is 19.1 Å². The Kier molecular flexibility index (Phi) is 5.15. The molecule has 0 aliphatic carbocycles. The SMILES string of the molecule is CCN(Cc1ccccn1)S(=O)(=O)c1cc(C)ccc1OC. The summed E-state index contributed by atoms with van der Waals surface area (Å²) in [5, 5.41) is 0. The normalized spacial score (nSPS) is 11.6. The minimum Gasteiger partial charge on any atom is -0.495 e. The van der Waals surface area contributed by atoms with E-state index in [-0.39, 0.29) is 11.4 Å². The van der Waals surface area contributed by atoms with E-state index in [9.17, 15) is 8.42 Å². The molecular weight excluding hydrogens is 300 g/mol. The van der Waals surface area contributed by atoms with Crippen molar-refractivity contribution in [2.75, 3.05) is 13.7 Å². The standard InChI is InChI=1S/C16H20N2O3S/c1-4-18(12-14-7-5-6-10-17-14)22(19,20)16-11-13(2)8-9-15(16)21-3/h5-11H,4,12H2,1-3H3. The molecule has 0 spiro atoms. The predicted molar refractivity (Wildman–Crippen MR) is 85.2 cm³/mol. The van der Waals surface area contributed by atoms with Crippen molar-refractivity contribution in [3.63, 3.8) is 0 Å². The molecule has 5 nitrogen and oxygen atoms in total. The Morgan fingerprint density at radius 1 is 1.23 bits per heavy atom. The van der Waals surface area contributed by atoms with Crippen LogP contribution in [0.2, 0.25) is 0 Å². The van der Waals surface area contributed by atoms with Gasteiger partial charge in [0.1, 0.15) is 10.6 Å². The highest BCUT2D eigenvalue weighted by molar-refractivity contribution is 7.89. The molecule has 22 heavy (non-hydrogen) atoms. The molecule has 0 saturated carbocycles. The van der Waals surface area contributed by atoms with E-state index in [1.54, 1.807) is 24.4 Å². The number of benzene rings is 1. The average molecular weight is 320 g/mol. The second-order valence-corrected chi connectivity index (χ2v) is 6.81. The first kappa shape index (κ1) is 16.5. The molecule has 1 aromatic carbocycles. The summed E-state index contributed by atoms with van der Waals surface area (Å²) in [5.74, 6) is 0.352. The number of sulfonamides is 1. The lowest BCUT2D eigenvalue weighted by Gasteiger charge is -2.21. The van der Waals surface area contributed by atoms with E-state index in [4.69, 9.17) is 4.74 Å². The van der Waals surface area contributed by atoms with E-state index < -0.39 is 10.0 Å². The number of nitrogens with zero attached hydrogens (tertiary/aromatic N) is 2. The van der Waals surface area contributed by atoms with Gasteiger partial charge in [-0.2, -0.15) is 4.31 Å². The van der Waals surface area contributed by atoms with Gasteiger partial charge in [-0.3, -0.25) is 4.98 Å². The molecule has 0 unspecified atom stereocenters. The highest BCUT2D eigenvalue weighted by atomic mass is 32.2. The van der Waals surface area contributed by atoms with E-state index >= 15 is 0 Å². The zero-order valence-corrected chi connectivity index (χ0v) is 13.8. The maximum atomic E-state index is 12.9. The molecule has 1 heterocycles. The first-order valence-electron chi connectivity index (χ1n) is 7.03. The number of rotatable bonds is 6. The van der Waals surface area contributed by atoms with Crippen molar-refractivity contribution in [3.05, 3.63) is 53.9 Å². The largest absolute Gasteiger partial charge is 0.495 e. The van der Waals surface area contributed by atoms with Crippen LogP contribution in [0, 0.1) is 6.92 Å². The minimum absolute atomic E-state index is 0.188. The summed E-state index contributed by atoms with van der Waals surface area (Å²) in [6.45, 7) is 4.25. The summed E-state index contributed by atoms with van der Waals surface area (Å²) >= 11 is 0. The molecule has 0 fully saturated rings. The lowest BCUT2D eigenvalue weighted by atomic mass is 10.2. The molecule has 1 aromatic heterocycles. The molecule has 2 rings (SSSR count). The van der Waals surface area contributed by atoms with Crippen molar-refractivity contribution in [1.29, 1.82) is 0 Å². The van der Waals surface area contributed by atoms with Crippen molar-refractivity contribution in [2.24, 2.45) is 0 Å². The fraction of sp³-hybridized carbons (Fsp3) is 0.312. The summed E-state index contributed by atoms with van der Waals surface area (Å²) in [6, 6.07) is 10.6. The molecule has 0 radical (unpaired) electrons. The van der Waals surface area contributed by atoms with Gasteiger partial charge in [0.15, 0.2) is 0 Å². The van der Waals surface area contributed by atoms with Gasteiger partial charge < -0.3 is 4.74 Å². The van der Waals surface area contributed by atoms with Crippen LogP contribution in [0.3, 0.4) is 0 Å². The maximum absolute atomic E-state index is 12.9. The van der Waals surface area contributed by atoms with Crippen molar-refractivity contribution in [1.82, 2.24) is 9.29 Å². The second-order valence-electron chi connectivity index (χ2n) is 4.91. The molecule has 0 saturated heterocycles. The van der Waals surface area contributed by atoms with Gasteiger partial charge >= 0.3 is 0 Å². The summed E-state index contributed by atoms with van der Waals surface area (Å²) < 4.78 is 32.4. The van der Waals surface area contributed by atoms with Crippen LogP contribution in [0.1, 0.15) is 18.2 Å². The molecule has 118 valence electrons. The zero-order chi connectivity index (χ0) is 16.2. The average Bonchev–Trinajstić information content (AvgIpc) is 2.53. The number of aryl methyl sites for hydroxylation is 1. The Labute approximate surface area is 131 Å². The van der Waals surface area contributed by atoms with Gasteiger partial charge in [0, 0.05) is 12.7 Å². The number of aromatic nitrogens is 1. The van der Waals surface area contributed by atoms with Crippen LogP contribution in [0.4, 0.5) is 0 Å². The lowest BCUT2D eigenvalue weighted by molar-refractivity contribution is 0.390. The molecule has 0 amide bonds. The molecule has 0 bridgehead atoms. The van der Waals surface area contributed by atoms with Gasteiger partial charge in [0.2, 0.25) is 10.0 Å². The number of methoxy groups -OCH3 is 1. The van der Waals surface area contributed by atoms with Gasteiger partial charge in [-0.25, -0.2) is 8.42 Å². The van der Waals surface area contributed by atoms with E-state index in [0.717, 1.165) is 5.56 Å². The van der Waals surface area contributed by atoms with Crippen molar-refractivity contribution in [3.8, 4) is 5.75 Å². The fourth-order valence-electron chi connectivity index (χ4n) is 2.16. The quantitative estimate of drug-likeness (QED) is 0.821. The molecular formula is C16H20N2O3S. The fourth-order valence-corrected chi connectivity index (χ4v) is 3.82. The first-order valence-corrected chi connectivity index (χ1v) is 8.47. The molecule has 2 aromatic rings. The number of hydrogen-bond donors (Lipinski definition) is 0. The first-order chi connectivity index (χ1) is 10.5. The molecule has 0 atom stereocenters. The van der Waals surface area contributed by atoms with Gasteiger partial charge in [-0.05, 0) is 36.8 Å². The summed E-state index contributed by atoms with van der Waals surface area (Å²) in [4.78, 5) is 4.38. The van der Waals surface area contributed by atoms with Gasteiger partial charge in [0.05, 0.1) is 19.3 Å². The van der Waals surface area contributed by atoms with Crippen molar-refractivity contribution in [2.45, 2.75) is 25.3 Å². The highest BCUT2D eigenvalue weighted by Gasteiger charge is 2.27. The summed E-state index contributed by atoms with van der Waals surface area (Å²) in [7, 11) is -2.18. The van der Waals surface area contributed by atoms with Crippen LogP contribution in [-0.4, -0.2) is 31.4 Å². The monoisotopic (exact) mass is 320 g/mol. The predicted octanol–water partition coefficient (Wildman–Crippen LogP) is 2.61. The molecule has 0 aliphatic heterocycles. The third-order valence-corrected chi connectivity index (χ3v) is 5.30. The van der Waals surface area contributed by atoms with Gasteiger partial charge in [0.25, 0.3) is 0 Å². The highest BCUT2D eigenvalue weighted by Crippen LogP contribution is 2.28. The Morgan fingerprint density at radius 2 is 2.00 bits per heavy atom. The van der Waals surface area contributed by atoms with Crippen molar-refractivity contribution >= 4 is 10.0 Å². The topological polar surface area (TPSA) is 59.5 Å². The minimum atomic E-state index is -3.65. The van der Waals surface area contributed by atoms with Crippen LogP contribution < -0.4 is 4.74 Å². The molecule has 0 N–H and O–H groups in total. The maximum Gasteiger partial charge on any atom is 0.247 e. The van der Waals surface area contributed by atoms with Crippen LogP contribution >= 0.6 is 0 Å². The summed E-state index contributed by atoms with van der Waals surface area (Å²) in [6.07, 6.45) is 1.66. The number of pyridine rings is 1. The molecule has 0 aliphatic rings. The lowest BCUT2D eigenvalue weighted by Crippen LogP contribution is -2.31. The third-order valence-electron chi connectivity index (χ3n) is 3.35. The molecule has 6 heteroatoms. The van der Waals surface area contributed by atoms with E-state index in [1.165, 1.54) is 11.4 Å². The smallest absolute Gasteiger partial charge is 0.247 e. The Hall–Kier alpha value is -1.92. The van der Waals surface area contributed by atoms with Crippen LogP contribution in [0.15, 0.2) is 47.5 Å². The van der Waals surface area contributed by atoms with Gasteiger partial charge in [-0.15, -0.1) is 0 Å². The third kappa shape index (κ3) is 3.45. The Morgan fingerprint density at radius 3 is 2.59 bits per heavy atom. The van der Waals surface area contributed by atoms with Crippen molar-refractivity contribution < 1.29 is 13.2 Å². The Balaban J connectivity index is 2.41. The zero-order valence-electron chi connectivity index (χ0n) is 13.0. The van der Waals surface area contributed by atoms with E-state index in [0.29, 0.717) is 18.0 Å². The van der Waals surface area contributed by atoms with Crippen LogP contribution in [-0.2, 0) is 16.6 Å². The van der Waals surface area contributed by atoms with E-state index in [2.05, 4.69) is 4.98 Å². The van der Waals surface area contributed by atoms with E-state index in [1.807, 2.05) is 32.0 Å².